The first kappa shape index (κ1) is 20.8. The lowest BCUT2D eigenvalue weighted by Gasteiger charge is -2.42. The maximum absolute atomic E-state index is 13.4. The van der Waals surface area contributed by atoms with Gasteiger partial charge in [0, 0.05) is 6.54 Å². The van der Waals surface area contributed by atoms with E-state index in [1.807, 2.05) is 24.0 Å². The van der Waals surface area contributed by atoms with Crippen molar-refractivity contribution < 1.29 is 23.8 Å². The number of carbonyl (C=O) groups excluding carboxylic acids is 2. The van der Waals surface area contributed by atoms with Crippen LogP contribution in [0.15, 0.2) is 24.3 Å². The Morgan fingerprint density at radius 1 is 1.10 bits per heavy atom. The van der Waals surface area contributed by atoms with Crippen molar-refractivity contribution in [1.29, 1.82) is 0 Å². The van der Waals surface area contributed by atoms with Crippen molar-refractivity contribution in [1.82, 2.24) is 10.2 Å². The third kappa shape index (κ3) is 3.94. The van der Waals surface area contributed by atoms with Crippen molar-refractivity contribution in [2.24, 2.45) is 5.92 Å². The van der Waals surface area contributed by atoms with Crippen LogP contribution in [0, 0.1) is 5.92 Å². The third-order valence-corrected chi connectivity index (χ3v) is 7.51. The normalized spacial score (nSPS) is 36.4. The predicted molar refractivity (Wildman–Crippen MR) is 114 cm³/mol. The van der Waals surface area contributed by atoms with Gasteiger partial charge in [0.2, 0.25) is 11.8 Å². The number of ether oxygens (including phenoxy) is 3. The molecule has 1 spiro atoms. The monoisotopic (exact) mass is 428 g/mol. The third-order valence-electron chi connectivity index (χ3n) is 7.51. The fraction of sp³-hybridized carbons (Fsp3) is 0.667. The largest absolute Gasteiger partial charge is 0.492 e. The molecule has 4 aliphatic heterocycles. The lowest BCUT2D eigenvalue weighted by Crippen LogP contribution is -2.65. The van der Waals surface area contributed by atoms with Gasteiger partial charge >= 0.3 is 0 Å². The number of amides is 2. The van der Waals surface area contributed by atoms with Gasteiger partial charge in [0.25, 0.3) is 0 Å². The molecule has 2 amide bonds. The maximum Gasteiger partial charge on any atom is 0.246 e. The molecule has 7 heteroatoms. The topological polar surface area (TPSA) is 77.1 Å². The molecule has 4 heterocycles. The van der Waals surface area contributed by atoms with Crippen LogP contribution >= 0.6 is 0 Å². The van der Waals surface area contributed by atoms with Crippen molar-refractivity contribution in [2.45, 2.75) is 62.6 Å². The molecule has 0 unspecified atom stereocenters. The summed E-state index contributed by atoms with van der Waals surface area (Å²) >= 11 is 0. The minimum Gasteiger partial charge on any atom is -0.492 e. The first-order chi connectivity index (χ1) is 15.1. The molecule has 0 aromatic heterocycles. The maximum atomic E-state index is 13.4. The van der Waals surface area contributed by atoms with Crippen molar-refractivity contribution in [2.75, 3.05) is 33.0 Å². The summed E-state index contributed by atoms with van der Waals surface area (Å²) in [5, 5.41) is 3.15. The number of hydrogen-bond donors (Lipinski definition) is 1. The summed E-state index contributed by atoms with van der Waals surface area (Å²) in [5.74, 6) is 1.00. The molecule has 0 radical (unpaired) electrons. The molecule has 1 aliphatic carbocycles. The van der Waals surface area contributed by atoms with E-state index in [2.05, 4.69) is 17.4 Å². The van der Waals surface area contributed by atoms with E-state index in [1.165, 1.54) is 5.56 Å². The molecule has 168 valence electrons. The van der Waals surface area contributed by atoms with Gasteiger partial charge in [0.1, 0.15) is 12.4 Å². The Kier molecular flexibility index (Phi) is 5.65. The van der Waals surface area contributed by atoms with E-state index < -0.39 is 5.54 Å². The van der Waals surface area contributed by atoms with Gasteiger partial charge in [-0.25, -0.2) is 0 Å². The molecule has 5 aliphatic rings. The Morgan fingerprint density at radius 2 is 1.90 bits per heavy atom. The zero-order valence-corrected chi connectivity index (χ0v) is 18.2. The molecule has 1 saturated carbocycles. The minimum absolute atomic E-state index is 0.0463. The molecule has 3 atom stereocenters. The first-order valence-electron chi connectivity index (χ1n) is 11.6. The number of para-hydroxylation sites is 1. The zero-order chi connectivity index (χ0) is 21.4. The fourth-order valence-corrected chi connectivity index (χ4v) is 5.73. The number of morpholine rings is 1. The number of benzene rings is 1. The number of nitrogens with zero attached hydrogens (tertiary/aromatic N) is 1. The number of carbonyl (C=O) groups is 2. The van der Waals surface area contributed by atoms with Gasteiger partial charge in [-0.1, -0.05) is 25.1 Å². The summed E-state index contributed by atoms with van der Waals surface area (Å²) in [5.41, 5.74) is 0.685. The van der Waals surface area contributed by atoms with Crippen molar-refractivity contribution in [3.05, 3.63) is 29.8 Å². The van der Waals surface area contributed by atoms with Crippen LogP contribution in [0.4, 0.5) is 0 Å². The SMILES string of the molecule is C[C@H]1COc2ccccc2C2CCC(CC2)OC[C@@H]2N(CC[C@@]23COCC(=O)N3)C1=O. The predicted octanol–water partition coefficient (Wildman–Crippen LogP) is 2.24. The summed E-state index contributed by atoms with van der Waals surface area (Å²) in [4.78, 5) is 27.5. The van der Waals surface area contributed by atoms with Gasteiger partial charge in [-0.15, -0.1) is 0 Å². The van der Waals surface area contributed by atoms with Crippen molar-refractivity contribution in [3.8, 4) is 5.75 Å². The average Bonchev–Trinajstić information content (AvgIpc) is 3.12. The standard InChI is InChI=1S/C24H32N2O5/c1-16-12-31-20-5-3-2-4-19(20)17-6-8-18(9-7-17)30-13-21-24(10-11-26(21)23(16)28)15-29-14-22(27)25-24/h2-5,16-18,21H,6-15H2,1H3,(H,25,27)/t16-,17?,18?,21-,24+/m0/s1. The van der Waals surface area contributed by atoms with E-state index in [0.717, 1.165) is 31.4 Å². The highest BCUT2D eigenvalue weighted by atomic mass is 16.5. The summed E-state index contributed by atoms with van der Waals surface area (Å²) in [6.45, 7) is 3.77. The lowest BCUT2D eigenvalue weighted by atomic mass is 9.82. The molecular weight excluding hydrogens is 396 g/mol. The Bertz CT molecular complexity index is 837. The van der Waals surface area contributed by atoms with Crippen LogP contribution in [0.3, 0.4) is 0 Å². The Hall–Kier alpha value is -2.12. The molecule has 6 rings (SSSR count). The fourth-order valence-electron chi connectivity index (χ4n) is 5.73. The van der Waals surface area contributed by atoms with E-state index in [4.69, 9.17) is 14.2 Å². The van der Waals surface area contributed by atoms with Crippen molar-refractivity contribution in [3.63, 3.8) is 0 Å². The number of fused-ring (bicyclic) bond motifs is 6. The smallest absolute Gasteiger partial charge is 0.246 e. The highest BCUT2D eigenvalue weighted by Gasteiger charge is 2.52. The number of rotatable bonds is 0. The Morgan fingerprint density at radius 3 is 2.71 bits per heavy atom. The van der Waals surface area contributed by atoms with Crippen LogP contribution in [0.2, 0.25) is 0 Å². The van der Waals surface area contributed by atoms with Crippen molar-refractivity contribution >= 4 is 11.8 Å². The highest BCUT2D eigenvalue weighted by molar-refractivity contribution is 5.81. The minimum atomic E-state index is -0.563. The molecule has 2 saturated heterocycles. The van der Waals surface area contributed by atoms with E-state index in [9.17, 15) is 9.59 Å². The van der Waals surface area contributed by atoms with Gasteiger partial charge < -0.3 is 24.4 Å². The summed E-state index contributed by atoms with van der Waals surface area (Å²) in [6, 6.07) is 8.02. The van der Waals surface area contributed by atoms with Crippen LogP contribution in [-0.2, 0) is 19.1 Å². The van der Waals surface area contributed by atoms with E-state index >= 15 is 0 Å². The summed E-state index contributed by atoms with van der Waals surface area (Å²) < 4.78 is 18.2. The van der Waals surface area contributed by atoms with Crippen LogP contribution in [0.25, 0.3) is 0 Å². The molecule has 2 bridgehead atoms. The molecule has 31 heavy (non-hydrogen) atoms. The van der Waals surface area contributed by atoms with E-state index in [1.54, 1.807) is 0 Å². The average molecular weight is 429 g/mol. The van der Waals surface area contributed by atoms with E-state index in [0.29, 0.717) is 38.7 Å². The molecular formula is C24H32N2O5. The Balaban J connectivity index is 1.43. The van der Waals surface area contributed by atoms with Gasteiger partial charge in [0.05, 0.1) is 43.4 Å². The number of nitrogens with one attached hydrogen (secondary N) is 1. The second-order valence-corrected chi connectivity index (χ2v) is 9.55. The molecule has 3 fully saturated rings. The van der Waals surface area contributed by atoms with Crippen LogP contribution in [0.1, 0.15) is 50.5 Å². The van der Waals surface area contributed by atoms with Crippen LogP contribution in [-0.4, -0.2) is 67.4 Å². The highest BCUT2D eigenvalue weighted by Crippen LogP contribution is 2.40. The van der Waals surface area contributed by atoms with Crippen LogP contribution in [0.5, 0.6) is 5.75 Å². The summed E-state index contributed by atoms with van der Waals surface area (Å²) in [7, 11) is 0. The second-order valence-electron chi connectivity index (χ2n) is 9.55. The lowest BCUT2D eigenvalue weighted by molar-refractivity contribution is -0.145. The molecule has 1 aromatic carbocycles. The van der Waals surface area contributed by atoms with E-state index in [-0.39, 0.29) is 36.5 Å². The van der Waals surface area contributed by atoms with Gasteiger partial charge in [-0.3, -0.25) is 9.59 Å². The summed E-state index contributed by atoms with van der Waals surface area (Å²) in [6.07, 6.45) is 4.98. The van der Waals surface area contributed by atoms with Gasteiger partial charge in [0.15, 0.2) is 0 Å². The zero-order valence-electron chi connectivity index (χ0n) is 18.2. The van der Waals surface area contributed by atoms with Gasteiger partial charge in [-0.2, -0.15) is 0 Å². The second kappa shape index (κ2) is 8.43. The molecule has 7 nitrogen and oxygen atoms in total. The molecule has 1 N–H and O–H groups in total. The van der Waals surface area contributed by atoms with Gasteiger partial charge in [-0.05, 0) is 49.7 Å². The first-order valence-corrected chi connectivity index (χ1v) is 11.6. The van der Waals surface area contributed by atoms with Crippen LogP contribution < -0.4 is 10.1 Å². The molecule has 1 aromatic rings. The number of hydrogen-bond acceptors (Lipinski definition) is 5. The Labute approximate surface area is 183 Å². The quantitative estimate of drug-likeness (QED) is 0.686.